The fourth-order valence-electron chi connectivity index (χ4n) is 1.85. The average Bonchev–Trinajstić information content (AvgIpc) is 2.34. The smallest absolute Gasteiger partial charge is 0.122 e. The molecule has 1 rings (SSSR count). The summed E-state index contributed by atoms with van der Waals surface area (Å²) >= 11 is 0. The van der Waals surface area contributed by atoms with Crippen LogP contribution in [0, 0.1) is 20.8 Å². The number of rotatable bonds is 4. The van der Waals surface area contributed by atoms with Crippen LogP contribution in [0.25, 0.3) is 6.08 Å². The highest BCUT2D eigenvalue weighted by atomic mass is 16.5. The van der Waals surface area contributed by atoms with Crippen molar-refractivity contribution in [3.8, 4) is 5.75 Å². The first-order valence-corrected chi connectivity index (χ1v) is 5.91. The van der Waals surface area contributed by atoms with Gasteiger partial charge >= 0.3 is 0 Å². The molecule has 0 saturated heterocycles. The van der Waals surface area contributed by atoms with Crippen molar-refractivity contribution in [1.29, 1.82) is 0 Å². The summed E-state index contributed by atoms with van der Waals surface area (Å²) in [7, 11) is -2.44. The van der Waals surface area contributed by atoms with Crippen LogP contribution in [0.2, 0.25) is 0 Å². The first kappa shape index (κ1) is 10.4. The van der Waals surface area contributed by atoms with E-state index in [0.29, 0.717) is 5.75 Å². The lowest BCUT2D eigenvalue weighted by Gasteiger charge is -2.13. The van der Waals surface area contributed by atoms with Crippen LogP contribution < -0.4 is 4.74 Å². The van der Waals surface area contributed by atoms with Gasteiger partial charge in [0, 0.05) is 0 Å². The summed E-state index contributed by atoms with van der Waals surface area (Å²) < 4.78 is 26.7. The van der Waals surface area contributed by atoms with E-state index in [1.54, 1.807) is 12.1 Å². The summed E-state index contributed by atoms with van der Waals surface area (Å²) in [6.07, 6.45) is 5.62. The molecule has 0 heterocycles. The molecule has 0 unspecified atom stereocenters. The minimum absolute atomic E-state index is 0.0124. The Bertz CT molecular complexity index is 570. The predicted molar refractivity (Wildman–Crippen MR) is 77.1 cm³/mol. The van der Waals surface area contributed by atoms with Gasteiger partial charge in [-0.05, 0) is 56.0 Å². The zero-order chi connectivity index (χ0) is 16.2. The summed E-state index contributed by atoms with van der Waals surface area (Å²) in [5.41, 5.74) is 4.76. The highest BCUT2D eigenvalue weighted by molar-refractivity contribution is 5.64. The van der Waals surface area contributed by atoms with E-state index in [2.05, 4.69) is 0 Å². The standard InChI is InChI=1S/C16H22O2/c1-11(8-9-17)6-7-15-12(2)10-16(18-5)14(4)13(15)3/h6-8,10,17H,9H2,1-5H3/i5D3. The molecule has 18 heavy (non-hydrogen) atoms. The molecule has 0 radical (unpaired) electrons. The lowest BCUT2D eigenvalue weighted by molar-refractivity contribution is 0.342. The molecule has 1 aromatic carbocycles. The molecular formula is C16H22O2. The molecule has 0 bridgehead atoms. The van der Waals surface area contributed by atoms with Crippen LogP contribution in [-0.2, 0) is 0 Å². The van der Waals surface area contributed by atoms with Crippen molar-refractivity contribution in [3.05, 3.63) is 46.0 Å². The summed E-state index contributed by atoms with van der Waals surface area (Å²) in [5.74, 6) is 0.393. The minimum Gasteiger partial charge on any atom is -0.496 e. The largest absolute Gasteiger partial charge is 0.496 e. The summed E-state index contributed by atoms with van der Waals surface area (Å²) in [6.45, 7) is 7.64. The molecule has 0 aliphatic heterocycles. The molecule has 1 N–H and O–H groups in total. The van der Waals surface area contributed by atoms with E-state index < -0.39 is 7.04 Å². The molecular weight excluding hydrogens is 224 g/mol. The van der Waals surface area contributed by atoms with Crippen molar-refractivity contribution in [1.82, 2.24) is 0 Å². The minimum atomic E-state index is -2.44. The van der Waals surface area contributed by atoms with E-state index in [1.807, 2.05) is 39.8 Å². The van der Waals surface area contributed by atoms with Crippen LogP contribution in [0.5, 0.6) is 5.75 Å². The summed E-state index contributed by atoms with van der Waals surface area (Å²) in [5, 5.41) is 8.85. The van der Waals surface area contributed by atoms with E-state index in [0.717, 1.165) is 27.8 Å². The topological polar surface area (TPSA) is 29.5 Å². The maximum Gasteiger partial charge on any atom is 0.122 e. The predicted octanol–water partition coefficient (Wildman–Crippen LogP) is 3.57. The normalized spacial score (nSPS) is 15.4. The van der Waals surface area contributed by atoms with Crippen molar-refractivity contribution in [3.63, 3.8) is 0 Å². The van der Waals surface area contributed by atoms with Crippen molar-refractivity contribution in [2.75, 3.05) is 13.6 Å². The van der Waals surface area contributed by atoms with Gasteiger partial charge in [0.15, 0.2) is 0 Å². The third-order valence-electron chi connectivity index (χ3n) is 3.14. The van der Waals surface area contributed by atoms with Gasteiger partial charge in [-0.2, -0.15) is 0 Å². The Morgan fingerprint density at radius 1 is 1.39 bits per heavy atom. The van der Waals surface area contributed by atoms with Crippen molar-refractivity contribution >= 4 is 6.08 Å². The Labute approximate surface area is 114 Å². The monoisotopic (exact) mass is 249 g/mol. The molecule has 0 amide bonds. The quantitative estimate of drug-likeness (QED) is 0.827. The molecule has 0 aliphatic carbocycles. The molecule has 0 saturated carbocycles. The third kappa shape index (κ3) is 3.23. The van der Waals surface area contributed by atoms with Gasteiger partial charge < -0.3 is 9.84 Å². The van der Waals surface area contributed by atoms with Crippen LogP contribution in [0.4, 0.5) is 0 Å². The number of ether oxygens (including phenoxy) is 1. The van der Waals surface area contributed by atoms with E-state index >= 15 is 0 Å². The van der Waals surface area contributed by atoms with Crippen LogP contribution in [-0.4, -0.2) is 18.8 Å². The zero-order valence-corrected chi connectivity index (χ0v) is 11.4. The number of allylic oxidation sites excluding steroid dienone is 2. The van der Waals surface area contributed by atoms with Crippen LogP contribution in [0.1, 0.15) is 33.3 Å². The summed E-state index contributed by atoms with van der Waals surface area (Å²) in [6, 6.07) is 1.75. The SMILES string of the molecule is [2H]C([2H])([2H])Oc1cc(C)c(C=CC(C)=CCO)c(C)c1C. The lowest BCUT2D eigenvalue weighted by Crippen LogP contribution is -1.95. The Morgan fingerprint density at radius 2 is 2.11 bits per heavy atom. The second-order valence-electron chi connectivity index (χ2n) is 4.42. The van der Waals surface area contributed by atoms with Gasteiger partial charge in [-0.1, -0.05) is 23.8 Å². The first-order valence-electron chi connectivity index (χ1n) is 7.41. The van der Waals surface area contributed by atoms with Gasteiger partial charge in [0.1, 0.15) is 5.75 Å². The molecule has 2 heteroatoms. The molecule has 0 spiro atoms. The Morgan fingerprint density at radius 3 is 2.72 bits per heavy atom. The number of hydrogen-bond acceptors (Lipinski definition) is 2. The Balaban J connectivity index is 3.21. The molecule has 1 aromatic rings. The van der Waals surface area contributed by atoms with E-state index in [1.165, 1.54) is 0 Å². The van der Waals surface area contributed by atoms with Crippen LogP contribution in [0.3, 0.4) is 0 Å². The average molecular weight is 249 g/mol. The van der Waals surface area contributed by atoms with Gasteiger partial charge in [0.2, 0.25) is 0 Å². The zero-order valence-electron chi connectivity index (χ0n) is 14.4. The molecule has 0 aliphatic rings. The van der Waals surface area contributed by atoms with Crippen LogP contribution >= 0.6 is 0 Å². The second kappa shape index (κ2) is 6.41. The first-order chi connectivity index (χ1) is 9.65. The number of benzene rings is 1. The molecule has 0 aromatic heterocycles. The Kier molecular flexibility index (Phi) is 3.70. The van der Waals surface area contributed by atoms with Crippen LogP contribution in [0.15, 0.2) is 23.8 Å². The number of methoxy groups -OCH3 is 1. The lowest BCUT2D eigenvalue weighted by atomic mass is 9.96. The number of aliphatic hydroxyl groups is 1. The fourth-order valence-corrected chi connectivity index (χ4v) is 1.85. The van der Waals surface area contributed by atoms with Gasteiger partial charge in [-0.3, -0.25) is 0 Å². The van der Waals surface area contributed by atoms with Gasteiger partial charge in [0.05, 0.1) is 17.8 Å². The van der Waals surface area contributed by atoms with E-state index in [9.17, 15) is 0 Å². The maximum absolute atomic E-state index is 8.85. The number of aryl methyl sites for hydroxylation is 1. The highest BCUT2D eigenvalue weighted by Crippen LogP contribution is 2.28. The van der Waals surface area contributed by atoms with Gasteiger partial charge in [-0.25, -0.2) is 0 Å². The summed E-state index contributed by atoms with van der Waals surface area (Å²) in [4.78, 5) is 0. The molecule has 0 atom stereocenters. The molecule has 0 fully saturated rings. The fraction of sp³-hybridized carbons (Fsp3) is 0.375. The van der Waals surface area contributed by atoms with Gasteiger partial charge in [0.25, 0.3) is 0 Å². The highest BCUT2D eigenvalue weighted by Gasteiger charge is 2.08. The number of aliphatic hydroxyl groups excluding tert-OH is 1. The Hall–Kier alpha value is -1.54. The maximum atomic E-state index is 8.85. The second-order valence-corrected chi connectivity index (χ2v) is 4.42. The van der Waals surface area contributed by atoms with Crippen molar-refractivity contribution in [2.24, 2.45) is 0 Å². The van der Waals surface area contributed by atoms with E-state index in [4.69, 9.17) is 14.0 Å². The van der Waals surface area contributed by atoms with Crippen molar-refractivity contribution < 1.29 is 14.0 Å². The van der Waals surface area contributed by atoms with Gasteiger partial charge in [-0.15, -0.1) is 0 Å². The van der Waals surface area contributed by atoms with E-state index in [-0.39, 0.29) is 6.61 Å². The molecule has 98 valence electrons. The number of hydrogen-bond donors (Lipinski definition) is 1. The third-order valence-corrected chi connectivity index (χ3v) is 3.14. The van der Waals surface area contributed by atoms with Crippen molar-refractivity contribution in [2.45, 2.75) is 27.7 Å². The molecule has 2 nitrogen and oxygen atoms in total.